The molecule has 0 N–H and O–H groups in total. The van der Waals surface area contributed by atoms with Crippen molar-refractivity contribution in [1.82, 2.24) is 19.4 Å². The number of hydrogen-bond donors (Lipinski definition) is 0. The van der Waals surface area contributed by atoms with Crippen LogP contribution in [0.5, 0.6) is 0 Å². The molecule has 0 unspecified atom stereocenters. The summed E-state index contributed by atoms with van der Waals surface area (Å²) in [5.74, 6) is -0.597. The van der Waals surface area contributed by atoms with Crippen LogP contribution in [0.3, 0.4) is 0 Å². The van der Waals surface area contributed by atoms with Crippen LogP contribution in [-0.2, 0) is 11.8 Å². The molecule has 7 nitrogen and oxygen atoms in total. The summed E-state index contributed by atoms with van der Waals surface area (Å²) in [5.41, 5.74) is 1.50. The van der Waals surface area contributed by atoms with Gasteiger partial charge in [-0.3, -0.25) is 0 Å². The van der Waals surface area contributed by atoms with Gasteiger partial charge in [0.15, 0.2) is 5.69 Å². The van der Waals surface area contributed by atoms with Gasteiger partial charge in [-0.15, -0.1) is 0 Å². The molecule has 0 saturated heterocycles. The highest BCUT2D eigenvalue weighted by Gasteiger charge is 2.17. The lowest BCUT2D eigenvalue weighted by atomic mass is 10.1. The van der Waals surface area contributed by atoms with Gasteiger partial charge in [-0.2, -0.15) is 14.7 Å². The summed E-state index contributed by atoms with van der Waals surface area (Å²) >= 11 is 0. The molecule has 0 aliphatic carbocycles. The van der Waals surface area contributed by atoms with Crippen LogP contribution >= 0.6 is 0 Å². The summed E-state index contributed by atoms with van der Waals surface area (Å²) < 4.78 is 6.98. The Kier molecular flexibility index (Phi) is 3.02. The SMILES string of the molecule is COC(=O)c1cc2c(-c3ccccc3)nn(C)c(=O)n2n1. The monoisotopic (exact) mass is 284 g/mol. The van der Waals surface area contributed by atoms with Gasteiger partial charge in [-0.25, -0.2) is 14.3 Å². The van der Waals surface area contributed by atoms with E-state index in [1.807, 2.05) is 30.3 Å². The predicted octanol–water partition coefficient (Wildman–Crippen LogP) is 0.882. The second-order valence-electron chi connectivity index (χ2n) is 4.44. The van der Waals surface area contributed by atoms with E-state index in [9.17, 15) is 9.59 Å². The van der Waals surface area contributed by atoms with Gasteiger partial charge in [0.05, 0.1) is 7.11 Å². The number of ether oxygens (including phenoxy) is 1. The number of esters is 1. The van der Waals surface area contributed by atoms with Crippen molar-refractivity contribution in [2.75, 3.05) is 7.11 Å². The lowest BCUT2D eigenvalue weighted by Gasteiger charge is -2.05. The van der Waals surface area contributed by atoms with Gasteiger partial charge in [0.1, 0.15) is 11.2 Å². The molecular weight excluding hydrogens is 272 g/mol. The topological polar surface area (TPSA) is 78.5 Å². The summed E-state index contributed by atoms with van der Waals surface area (Å²) in [4.78, 5) is 23.7. The van der Waals surface area contributed by atoms with E-state index < -0.39 is 11.7 Å². The third-order valence-electron chi connectivity index (χ3n) is 3.10. The smallest absolute Gasteiger partial charge is 0.365 e. The minimum Gasteiger partial charge on any atom is -0.464 e. The first-order valence-corrected chi connectivity index (χ1v) is 6.22. The van der Waals surface area contributed by atoms with E-state index in [1.54, 1.807) is 0 Å². The van der Waals surface area contributed by atoms with E-state index in [-0.39, 0.29) is 5.69 Å². The fourth-order valence-corrected chi connectivity index (χ4v) is 2.08. The zero-order chi connectivity index (χ0) is 15.0. The molecule has 0 radical (unpaired) electrons. The molecule has 0 fully saturated rings. The van der Waals surface area contributed by atoms with Crippen LogP contribution in [0.1, 0.15) is 10.5 Å². The third-order valence-corrected chi connectivity index (χ3v) is 3.10. The van der Waals surface area contributed by atoms with E-state index in [0.29, 0.717) is 11.2 Å². The van der Waals surface area contributed by atoms with Gasteiger partial charge in [0, 0.05) is 18.7 Å². The van der Waals surface area contributed by atoms with Crippen molar-refractivity contribution in [3.63, 3.8) is 0 Å². The van der Waals surface area contributed by atoms with E-state index in [2.05, 4.69) is 14.9 Å². The van der Waals surface area contributed by atoms with Gasteiger partial charge in [-0.05, 0) is 0 Å². The molecule has 2 aromatic heterocycles. The Morgan fingerprint density at radius 1 is 1.19 bits per heavy atom. The molecule has 3 aromatic rings. The highest BCUT2D eigenvalue weighted by atomic mass is 16.5. The van der Waals surface area contributed by atoms with Crippen molar-refractivity contribution in [2.24, 2.45) is 7.05 Å². The standard InChI is InChI=1S/C14H12N4O3/c1-17-14(20)18-11(8-10(15-18)13(19)21-2)12(16-17)9-6-4-3-5-7-9/h3-8H,1-2H3. The molecule has 0 bridgehead atoms. The lowest BCUT2D eigenvalue weighted by molar-refractivity contribution is 0.0593. The minimum absolute atomic E-state index is 0.0692. The fraction of sp³-hybridized carbons (Fsp3) is 0.143. The second kappa shape index (κ2) is 4.86. The molecule has 0 saturated carbocycles. The number of benzene rings is 1. The van der Waals surface area contributed by atoms with Crippen LogP contribution in [0.15, 0.2) is 41.2 Å². The Hall–Kier alpha value is -2.96. The summed E-state index contributed by atoms with van der Waals surface area (Å²) in [6.45, 7) is 0. The van der Waals surface area contributed by atoms with Crippen LogP contribution in [0.2, 0.25) is 0 Å². The molecule has 0 spiro atoms. The Balaban J connectivity index is 2.35. The summed E-state index contributed by atoms with van der Waals surface area (Å²) in [6, 6.07) is 10.9. The zero-order valence-electron chi connectivity index (χ0n) is 11.5. The van der Waals surface area contributed by atoms with Crippen LogP contribution in [0.4, 0.5) is 0 Å². The molecule has 0 aliphatic heterocycles. The molecule has 21 heavy (non-hydrogen) atoms. The van der Waals surface area contributed by atoms with E-state index >= 15 is 0 Å². The summed E-state index contributed by atoms with van der Waals surface area (Å²) in [7, 11) is 2.80. The molecule has 3 rings (SSSR count). The Morgan fingerprint density at radius 3 is 2.57 bits per heavy atom. The van der Waals surface area contributed by atoms with E-state index in [1.165, 1.54) is 24.9 Å². The number of methoxy groups -OCH3 is 1. The number of hydrogen-bond acceptors (Lipinski definition) is 5. The van der Waals surface area contributed by atoms with Crippen molar-refractivity contribution in [3.05, 3.63) is 52.6 Å². The average molecular weight is 284 g/mol. The first kappa shape index (κ1) is 13.0. The summed E-state index contributed by atoms with van der Waals surface area (Å²) in [6.07, 6.45) is 0. The number of carbonyl (C=O) groups is 1. The van der Waals surface area contributed by atoms with Gasteiger partial charge in [0.2, 0.25) is 0 Å². The van der Waals surface area contributed by atoms with Crippen molar-refractivity contribution in [3.8, 4) is 11.3 Å². The molecule has 7 heteroatoms. The van der Waals surface area contributed by atoms with Crippen LogP contribution in [0.25, 0.3) is 16.8 Å². The average Bonchev–Trinajstić information content (AvgIpc) is 2.96. The van der Waals surface area contributed by atoms with Crippen molar-refractivity contribution in [1.29, 1.82) is 0 Å². The van der Waals surface area contributed by atoms with Gasteiger partial charge >= 0.3 is 11.7 Å². The number of fused-ring (bicyclic) bond motifs is 1. The number of rotatable bonds is 2. The van der Waals surface area contributed by atoms with E-state index in [0.717, 1.165) is 10.1 Å². The molecule has 0 amide bonds. The van der Waals surface area contributed by atoms with Gasteiger partial charge in [0.25, 0.3) is 0 Å². The quantitative estimate of drug-likeness (QED) is 0.653. The molecule has 106 valence electrons. The first-order valence-electron chi connectivity index (χ1n) is 6.22. The molecule has 0 atom stereocenters. The minimum atomic E-state index is -0.597. The highest BCUT2D eigenvalue weighted by molar-refractivity contribution is 5.90. The van der Waals surface area contributed by atoms with Gasteiger partial charge in [-0.1, -0.05) is 30.3 Å². The van der Waals surface area contributed by atoms with Crippen LogP contribution in [-0.4, -0.2) is 32.5 Å². The largest absolute Gasteiger partial charge is 0.464 e. The maximum Gasteiger partial charge on any atom is 0.365 e. The van der Waals surface area contributed by atoms with Gasteiger partial charge < -0.3 is 4.74 Å². The van der Waals surface area contributed by atoms with E-state index in [4.69, 9.17) is 0 Å². The number of carbonyl (C=O) groups excluding carboxylic acids is 1. The number of aryl methyl sites for hydroxylation is 1. The number of aromatic nitrogens is 4. The van der Waals surface area contributed by atoms with Crippen molar-refractivity contribution in [2.45, 2.75) is 0 Å². The second-order valence-corrected chi connectivity index (χ2v) is 4.44. The first-order chi connectivity index (χ1) is 10.1. The number of nitrogens with zero attached hydrogens (tertiary/aromatic N) is 4. The lowest BCUT2D eigenvalue weighted by Crippen LogP contribution is -2.28. The summed E-state index contributed by atoms with van der Waals surface area (Å²) in [5, 5.41) is 8.26. The Labute approximate surface area is 119 Å². The van der Waals surface area contributed by atoms with Crippen LogP contribution < -0.4 is 5.69 Å². The maximum atomic E-state index is 12.1. The molecule has 1 aromatic carbocycles. The third kappa shape index (κ3) is 2.08. The normalized spacial score (nSPS) is 10.8. The van der Waals surface area contributed by atoms with Crippen LogP contribution in [0, 0.1) is 0 Å². The molecule has 0 aliphatic rings. The predicted molar refractivity (Wildman–Crippen MR) is 75.0 cm³/mol. The van der Waals surface area contributed by atoms with Crippen molar-refractivity contribution >= 4 is 11.5 Å². The van der Waals surface area contributed by atoms with Crippen molar-refractivity contribution < 1.29 is 9.53 Å². The maximum absolute atomic E-state index is 12.1. The fourth-order valence-electron chi connectivity index (χ4n) is 2.08. The molecule has 2 heterocycles. The molecular formula is C14H12N4O3. The highest BCUT2D eigenvalue weighted by Crippen LogP contribution is 2.21. The zero-order valence-corrected chi connectivity index (χ0v) is 11.5. The Morgan fingerprint density at radius 2 is 1.90 bits per heavy atom. The Bertz CT molecular complexity index is 880.